The molecule has 2 aromatic rings. The molecule has 0 bridgehead atoms. The molecular formula is C23H25N3O4S4. The number of anilines is 1. The molecule has 0 unspecified atom stereocenters. The van der Waals surface area contributed by atoms with Gasteiger partial charge in [-0.2, -0.15) is 0 Å². The van der Waals surface area contributed by atoms with Gasteiger partial charge in [0.05, 0.1) is 29.5 Å². The molecule has 2 aliphatic heterocycles. The van der Waals surface area contributed by atoms with Crippen LogP contribution in [0.3, 0.4) is 0 Å². The average Bonchev–Trinajstić information content (AvgIpc) is 3.45. The summed E-state index contributed by atoms with van der Waals surface area (Å²) in [4.78, 5) is 31.3. The largest absolute Gasteiger partial charge is 0.493 e. The van der Waals surface area contributed by atoms with Gasteiger partial charge in [0.25, 0.3) is 11.5 Å². The number of hydrogen-bond acceptors (Lipinski definition) is 9. The smallest absolute Gasteiger partial charge is 0.269 e. The molecule has 0 radical (unpaired) electrons. The lowest BCUT2D eigenvalue weighted by Crippen LogP contribution is -2.33. The third kappa shape index (κ3) is 4.19. The fourth-order valence-electron chi connectivity index (χ4n) is 3.81. The average molecular weight is 536 g/mol. The summed E-state index contributed by atoms with van der Waals surface area (Å²) in [6, 6.07) is 3.94. The van der Waals surface area contributed by atoms with Crippen LogP contribution in [0.2, 0.25) is 0 Å². The van der Waals surface area contributed by atoms with Gasteiger partial charge in [0.15, 0.2) is 11.5 Å². The highest BCUT2D eigenvalue weighted by molar-refractivity contribution is 8.30. The molecule has 0 spiro atoms. The molecule has 1 saturated heterocycles. The molecule has 2 aliphatic rings. The second-order valence-corrected chi connectivity index (χ2v) is 11.0. The topological polar surface area (TPSA) is 64.0 Å². The van der Waals surface area contributed by atoms with Gasteiger partial charge in [-0.3, -0.25) is 19.1 Å². The van der Waals surface area contributed by atoms with E-state index in [1.165, 1.54) is 23.1 Å². The number of aromatic nitrogens is 1. The van der Waals surface area contributed by atoms with E-state index < -0.39 is 0 Å². The van der Waals surface area contributed by atoms with E-state index >= 15 is 0 Å². The maximum absolute atomic E-state index is 13.1. The molecule has 3 heterocycles. The number of nitrogens with zero attached hydrogens (tertiary/aromatic N) is 3. The van der Waals surface area contributed by atoms with E-state index in [2.05, 4.69) is 11.8 Å². The summed E-state index contributed by atoms with van der Waals surface area (Å²) in [7, 11) is 3.25. The molecule has 7 nitrogen and oxygen atoms in total. The molecule has 0 N–H and O–H groups in total. The predicted octanol–water partition coefficient (Wildman–Crippen LogP) is 3.19. The number of thioether (sulfide) groups is 2. The number of thiazole rings is 1. The fourth-order valence-corrected chi connectivity index (χ4v) is 7.60. The monoisotopic (exact) mass is 535 g/mol. The number of fused-ring (bicyclic) bond motifs is 1. The van der Waals surface area contributed by atoms with Crippen LogP contribution in [-0.4, -0.2) is 47.0 Å². The number of carbonyl (C=O) groups is 1. The summed E-state index contributed by atoms with van der Waals surface area (Å²) in [5.74, 6) is 1.22. The molecule has 11 heteroatoms. The number of carbonyl (C=O) groups excluding carboxylic acids is 1. The van der Waals surface area contributed by atoms with Crippen molar-refractivity contribution in [1.29, 1.82) is 0 Å². The van der Waals surface area contributed by atoms with Crippen molar-refractivity contribution in [3.63, 3.8) is 0 Å². The van der Waals surface area contributed by atoms with Crippen molar-refractivity contribution in [1.82, 2.24) is 9.47 Å². The Morgan fingerprint density at radius 2 is 1.62 bits per heavy atom. The molecule has 4 rings (SSSR count). The zero-order chi connectivity index (χ0) is 24.6. The first-order chi connectivity index (χ1) is 16.4. The molecule has 0 saturated carbocycles. The fraction of sp³-hybridized carbons (Fsp3) is 0.348. The molecule has 1 aromatic heterocycles. The standard InChI is InChI=1S/C23H25N3O4S4/c1-6-24-13-11-14(29-4)15(30-5)12-17(13)32-18(24)10-9-16-20(27)25(7-2)22(33-16)19-21(28)26(8-3)23(31)34-19/h9-12H,6-8H2,1-5H3. The number of allylic oxidation sites excluding steroid dienone is 1. The first-order valence-electron chi connectivity index (χ1n) is 10.8. The quantitative estimate of drug-likeness (QED) is 0.523. The van der Waals surface area contributed by atoms with Crippen LogP contribution in [0.1, 0.15) is 20.8 Å². The second-order valence-electron chi connectivity index (χ2n) is 7.26. The highest BCUT2D eigenvalue weighted by Crippen LogP contribution is 2.50. The Balaban J connectivity index is 1.79. The van der Waals surface area contributed by atoms with Crippen LogP contribution in [0.15, 0.2) is 32.9 Å². The minimum Gasteiger partial charge on any atom is -0.493 e. The SMILES string of the molecule is CCN1C(=O)C(=c2sc(=CC=C3Sc4cc(OC)c(OC)cc4N3CC)c(=O)n2CC)SC1=S. The molecule has 0 aliphatic carbocycles. The molecule has 34 heavy (non-hydrogen) atoms. The van der Waals surface area contributed by atoms with Crippen LogP contribution < -0.4 is 29.1 Å². The first kappa shape index (κ1) is 24.9. The minimum atomic E-state index is -0.132. The highest BCUT2D eigenvalue weighted by atomic mass is 32.2. The van der Waals surface area contributed by atoms with Gasteiger partial charge >= 0.3 is 0 Å². The number of methoxy groups -OCH3 is 2. The van der Waals surface area contributed by atoms with E-state index in [1.807, 2.05) is 38.1 Å². The van der Waals surface area contributed by atoms with Crippen LogP contribution >= 0.6 is 47.1 Å². The van der Waals surface area contributed by atoms with Gasteiger partial charge in [0.1, 0.15) is 13.9 Å². The number of ether oxygens (including phenoxy) is 2. The van der Waals surface area contributed by atoms with E-state index in [-0.39, 0.29) is 11.5 Å². The van der Waals surface area contributed by atoms with E-state index in [0.717, 1.165) is 22.2 Å². The van der Waals surface area contributed by atoms with Crippen LogP contribution in [0.4, 0.5) is 5.69 Å². The summed E-state index contributed by atoms with van der Waals surface area (Å²) in [5, 5.41) is 1.00. The van der Waals surface area contributed by atoms with Gasteiger partial charge in [-0.15, -0.1) is 11.3 Å². The number of hydrogen-bond donors (Lipinski definition) is 0. The van der Waals surface area contributed by atoms with Crippen molar-refractivity contribution < 1.29 is 14.3 Å². The number of rotatable bonds is 6. The Morgan fingerprint density at radius 3 is 2.21 bits per heavy atom. The van der Waals surface area contributed by atoms with E-state index in [9.17, 15) is 9.59 Å². The van der Waals surface area contributed by atoms with Crippen LogP contribution in [-0.2, 0) is 11.3 Å². The summed E-state index contributed by atoms with van der Waals surface area (Å²) in [6.07, 6.45) is 3.80. The third-order valence-corrected chi connectivity index (χ3v) is 9.34. The van der Waals surface area contributed by atoms with E-state index in [1.54, 1.807) is 35.4 Å². The summed E-state index contributed by atoms with van der Waals surface area (Å²) < 4.78 is 14.3. The lowest BCUT2D eigenvalue weighted by atomic mass is 10.2. The molecule has 180 valence electrons. The van der Waals surface area contributed by atoms with Crippen LogP contribution in [0.25, 0.3) is 11.0 Å². The van der Waals surface area contributed by atoms with Crippen molar-refractivity contribution in [2.24, 2.45) is 0 Å². The minimum absolute atomic E-state index is 0.104. The van der Waals surface area contributed by atoms with Crippen LogP contribution in [0.5, 0.6) is 11.5 Å². The molecule has 1 fully saturated rings. The van der Waals surface area contributed by atoms with Crippen molar-refractivity contribution in [3.8, 4) is 11.5 Å². The molecule has 1 amide bonds. The molecule has 0 atom stereocenters. The highest BCUT2D eigenvalue weighted by Gasteiger charge is 2.33. The Labute approximate surface area is 215 Å². The van der Waals surface area contributed by atoms with Crippen LogP contribution in [0, 0.1) is 0 Å². The van der Waals surface area contributed by atoms with Gasteiger partial charge in [-0.25, -0.2) is 0 Å². The molecular weight excluding hydrogens is 511 g/mol. The Bertz CT molecular complexity index is 1380. The molecule has 1 aromatic carbocycles. The van der Waals surface area contributed by atoms with E-state index in [4.69, 9.17) is 21.7 Å². The van der Waals surface area contributed by atoms with Gasteiger partial charge < -0.3 is 14.4 Å². The first-order valence-corrected chi connectivity index (χ1v) is 13.6. The van der Waals surface area contributed by atoms with E-state index in [0.29, 0.717) is 43.0 Å². The van der Waals surface area contributed by atoms with Crippen molar-refractivity contribution >= 4 is 74.0 Å². The Morgan fingerprint density at radius 1 is 0.941 bits per heavy atom. The van der Waals surface area contributed by atoms with Gasteiger partial charge in [-0.05, 0) is 32.9 Å². The lowest BCUT2D eigenvalue weighted by molar-refractivity contribution is -0.120. The maximum atomic E-state index is 13.1. The third-order valence-electron chi connectivity index (χ3n) is 5.51. The number of amides is 1. The zero-order valence-electron chi connectivity index (χ0n) is 19.5. The maximum Gasteiger partial charge on any atom is 0.269 e. The Hall–Kier alpha value is -2.21. The second kappa shape index (κ2) is 10.2. The summed E-state index contributed by atoms with van der Waals surface area (Å²) in [6.45, 7) is 7.63. The summed E-state index contributed by atoms with van der Waals surface area (Å²) in [5.41, 5.74) is 0.937. The zero-order valence-corrected chi connectivity index (χ0v) is 22.8. The van der Waals surface area contributed by atoms with Gasteiger partial charge in [0.2, 0.25) is 0 Å². The summed E-state index contributed by atoms with van der Waals surface area (Å²) >= 11 is 9.57. The van der Waals surface area contributed by atoms with Crippen molar-refractivity contribution in [3.05, 3.63) is 42.8 Å². The van der Waals surface area contributed by atoms with Crippen molar-refractivity contribution in [2.45, 2.75) is 32.2 Å². The predicted molar refractivity (Wildman–Crippen MR) is 145 cm³/mol. The van der Waals surface area contributed by atoms with Gasteiger partial charge in [-0.1, -0.05) is 35.7 Å². The number of benzene rings is 1. The number of thiocarbonyl (C=S) groups is 1. The normalized spacial score (nSPS) is 19.0. The lowest BCUT2D eigenvalue weighted by Gasteiger charge is -2.18. The van der Waals surface area contributed by atoms with Crippen molar-refractivity contribution in [2.75, 3.05) is 32.2 Å². The van der Waals surface area contributed by atoms with Gasteiger partial charge in [0, 0.05) is 36.7 Å². The Kier molecular flexibility index (Phi) is 7.46.